The van der Waals surface area contributed by atoms with Gasteiger partial charge in [0.25, 0.3) is 0 Å². The molecule has 1 aromatic rings. The molecule has 0 bridgehead atoms. The maximum atomic E-state index is 11.7. The van der Waals surface area contributed by atoms with E-state index in [2.05, 4.69) is 6.92 Å². The van der Waals surface area contributed by atoms with Crippen molar-refractivity contribution in [1.29, 1.82) is 0 Å². The van der Waals surface area contributed by atoms with Crippen LogP contribution in [-0.4, -0.2) is 12.6 Å². The van der Waals surface area contributed by atoms with Gasteiger partial charge in [-0.1, -0.05) is 50.5 Å². The Hall–Kier alpha value is -1.35. The number of rotatable bonds is 8. The van der Waals surface area contributed by atoms with E-state index < -0.39 is 0 Å². The SMILES string of the molecule is CCCCCCOC(=O)Cc1ccccc1CN. The van der Waals surface area contributed by atoms with E-state index >= 15 is 0 Å². The molecular weight excluding hydrogens is 226 g/mol. The average Bonchev–Trinajstić information content (AvgIpc) is 2.39. The van der Waals surface area contributed by atoms with Crippen LogP contribution in [0.1, 0.15) is 43.7 Å². The number of hydrogen-bond acceptors (Lipinski definition) is 3. The second-order valence-electron chi connectivity index (χ2n) is 4.43. The second-order valence-corrected chi connectivity index (χ2v) is 4.43. The Bertz CT molecular complexity index is 363. The first-order chi connectivity index (χ1) is 8.77. The lowest BCUT2D eigenvalue weighted by atomic mass is 10.1. The Morgan fingerprint density at radius 3 is 2.56 bits per heavy atom. The molecule has 0 saturated carbocycles. The molecule has 0 aliphatic heterocycles. The third kappa shape index (κ3) is 5.32. The van der Waals surface area contributed by atoms with Gasteiger partial charge in [0.1, 0.15) is 0 Å². The summed E-state index contributed by atoms with van der Waals surface area (Å²) < 4.78 is 5.21. The molecule has 0 amide bonds. The van der Waals surface area contributed by atoms with Gasteiger partial charge in [-0.3, -0.25) is 4.79 Å². The van der Waals surface area contributed by atoms with E-state index in [0.717, 1.165) is 24.0 Å². The van der Waals surface area contributed by atoms with Crippen molar-refractivity contribution in [2.75, 3.05) is 6.61 Å². The molecule has 1 rings (SSSR count). The number of carbonyl (C=O) groups excluding carboxylic acids is 1. The van der Waals surface area contributed by atoms with Gasteiger partial charge in [0.15, 0.2) is 0 Å². The van der Waals surface area contributed by atoms with Crippen LogP contribution >= 0.6 is 0 Å². The zero-order valence-corrected chi connectivity index (χ0v) is 11.2. The van der Waals surface area contributed by atoms with E-state index in [1.807, 2.05) is 24.3 Å². The van der Waals surface area contributed by atoms with Crippen LogP contribution in [0.4, 0.5) is 0 Å². The smallest absolute Gasteiger partial charge is 0.310 e. The minimum atomic E-state index is -0.160. The highest BCUT2D eigenvalue weighted by Crippen LogP contribution is 2.09. The summed E-state index contributed by atoms with van der Waals surface area (Å²) in [5, 5.41) is 0. The molecular formula is C15H23NO2. The fraction of sp³-hybridized carbons (Fsp3) is 0.533. The van der Waals surface area contributed by atoms with E-state index in [9.17, 15) is 4.79 Å². The highest BCUT2D eigenvalue weighted by molar-refractivity contribution is 5.73. The standard InChI is InChI=1S/C15H23NO2/c1-2-3-4-7-10-18-15(17)11-13-8-5-6-9-14(13)12-16/h5-6,8-9H,2-4,7,10-12,16H2,1H3. The van der Waals surface area contributed by atoms with Gasteiger partial charge in [-0.2, -0.15) is 0 Å². The number of esters is 1. The Labute approximate surface area is 109 Å². The molecule has 0 unspecified atom stereocenters. The Morgan fingerprint density at radius 1 is 1.17 bits per heavy atom. The first-order valence-corrected chi connectivity index (χ1v) is 6.70. The molecule has 1 aromatic carbocycles. The molecule has 3 heteroatoms. The fourth-order valence-electron chi connectivity index (χ4n) is 1.85. The lowest BCUT2D eigenvalue weighted by molar-refractivity contribution is -0.142. The molecule has 0 heterocycles. The van der Waals surface area contributed by atoms with Crippen molar-refractivity contribution in [3.05, 3.63) is 35.4 Å². The zero-order valence-electron chi connectivity index (χ0n) is 11.2. The highest BCUT2D eigenvalue weighted by Gasteiger charge is 2.07. The molecule has 0 aromatic heterocycles. The summed E-state index contributed by atoms with van der Waals surface area (Å²) in [7, 11) is 0. The molecule has 3 nitrogen and oxygen atoms in total. The van der Waals surface area contributed by atoms with Crippen molar-refractivity contribution < 1.29 is 9.53 Å². The van der Waals surface area contributed by atoms with E-state index in [1.165, 1.54) is 12.8 Å². The summed E-state index contributed by atoms with van der Waals surface area (Å²) in [6.45, 7) is 3.15. The summed E-state index contributed by atoms with van der Waals surface area (Å²) >= 11 is 0. The number of ether oxygens (including phenoxy) is 1. The molecule has 0 aliphatic carbocycles. The van der Waals surface area contributed by atoms with E-state index in [-0.39, 0.29) is 5.97 Å². The molecule has 0 saturated heterocycles. The normalized spacial score (nSPS) is 10.3. The highest BCUT2D eigenvalue weighted by atomic mass is 16.5. The van der Waals surface area contributed by atoms with Crippen molar-refractivity contribution in [1.82, 2.24) is 0 Å². The van der Waals surface area contributed by atoms with E-state index in [1.54, 1.807) is 0 Å². The summed E-state index contributed by atoms with van der Waals surface area (Å²) in [5.41, 5.74) is 7.61. The van der Waals surface area contributed by atoms with Crippen LogP contribution in [0.3, 0.4) is 0 Å². The quantitative estimate of drug-likeness (QED) is 0.569. The van der Waals surface area contributed by atoms with Crippen molar-refractivity contribution in [2.24, 2.45) is 5.73 Å². The number of unbranched alkanes of at least 4 members (excludes halogenated alkanes) is 3. The van der Waals surface area contributed by atoms with Crippen LogP contribution in [0.15, 0.2) is 24.3 Å². The van der Waals surface area contributed by atoms with Gasteiger partial charge >= 0.3 is 5.97 Å². The van der Waals surface area contributed by atoms with Gasteiger partial charge in [-0.25, -0.2) is 0 Å². The van der Waals surface area contributed by atoms with Gasteiger partial charge < -0.3 is 10.5 Å². The maximum Gasteiger partial charge on any atom is 0.310 e. The summed E-state index contributed by atoms with van der Waals surface area (Å²) in [6, 6.07) is 7.73. The van der Waals surface area contributed by atoms with Crippen LogP contribution in [-0.2, 0) is 22.5 Å². The van der Waals surface area contributed by atoms with Crippen molar-refractivity contribution in [3.8, 4) is 0 Å². The zero-order chi connectivity index (χ0) is 13.2. The Balaban J connectivity index is 2.31. The van der Waals surface area contributed by atoms with E-state index in [4.69, 9.17) is 10.5 Å². The van der Waals surface area contributed by atoms with Crippen LogP contribution < -0.4 is 5.73 Å². The van der Waals surface area contributed by atoms with Crippen LogP contribution in [0.5, 0.6) is 0 Å². The summed E-state index contributed by atoms with van der Waals surface area (Å²) in [4.78, 5) is 11.7. The second kappa shape index (κ2) is 8.70. The monoisotopic (exact) mass is 249 g/mol. The predicted molar refractivity (Wildman–Crippen MR) is 73.1 cm³/mol. The van der Waals surface area contributed by atoms with Crippen molar-refractivity contribution >= 4 is 5.97 Å². The van der Waals surface area contributed by atoms with Crippen molar-refractivity contribution in [3.63, 3.8) is 0 Å². The number of hydrogen-bond donors (Lipinski definition) is 1. The van der Waals surface area contributed by atoms with E-state index in [0.29, 0.717) is 19.6 Å². The number of benzene rings is 1. The fourth-order valence-corrected chi connectivity index (χ4v) is 1.85. The van der Waals surface area contributed by atoms with Gasteiger partial charge in [-0.15, -0.1) is 0 Å². The van der Waals surface area contributed by atoms with Crippen LogP contribution in [0.2, 0.25) is 0 Å². The predicted octanol–water partition coefficient (Wildman–Crippen LogP) is 2.81. The van der Waals surface area contributed by atoms with Gasteiger partial charge in [-0.05, 0) is 17.5 Å². The summed E-state index contributed by atoms with van der Waals surface area (Å²) in [6.07, 6.45) is 4.80. The molecule has 0 fully saturated rings. The van der Waals surface area contributed by atoms with Crippen LogP contribution in [0.25, 0.3) is 0 Å². The first-order valence-electron chi connectivity index (χ1n) is 6.70. The average molecular weight is 249 g/mol. The molecule has 0 aliphatic rings. The lowest BCUT2D eigenvalue weighted by Crippen LogP contribution is -2.11. The van der Waals surface area contributed by atoms with Crippen molar-refractivity contribution in [2.45, 2.75) is 45.6 Å². The topological polar surface area (TPSA) is 52.3 Å². The lowest BCUT2D eigenvalue weighted by Gasteiger charge is -2.08. The van der Waals surface area contributed by atoms with Gasteiger partial charge in [0.05, 0.1) is 13.0 Å². The largest absolute Gasteiger partial charge is 0.465 e. The molecule has 0 radical (unpaired) electrons. The molecule has 18 heavy (non-hydrogen) atoms. The molecule has 0 spiro atoms. The first kappa shape index (κ1) is 14.7. The molecule has 2 N–H and O–H groups in total. The summed E-state index contributed by atoms with van der Waals surface area (Å²) in [5.74, 6) is -0.160. The number of carbonyl (C=O) groups is 1. The Morgan fingerprint density at radius 2 is 1.89 bits per heavy atom. The minimum Gasteiger partial charge on any atom is -0.465 e. The Kier molecular flexibility index (Phi) is 7.11. The third-order valence-electron chi connectivity index (χ3n) is 2.93. The van der Waals surface area contributed by atoms with Crippen LogP contribution in [0, 0.1) is 0 Å². The molecule has 0 atom stereocenters. The maximum absolute atomic E-state index is 11.7. The van der Waals surface area contributed by atoms with Gasteiger partial charge in [0, 0.05) is 6.54 Å². The third-order valence-corrected chi connectivity index (χ3v) is 2.93. The molecule has 100 valence electrons. The van der Waals surface area contributed by atoms with Gasteiger partial charge in [0.2, 0.25) is 0 Å². The minimum absolute atomic E-state index is 0.160. The number of nitrogens with two attached hydrogens (primary N) is 1.